The second kappa shape index (κ2) is 9.11. The van der Waals surface area contributed by atoms with Crippen molar-refractivity contribution in [1.82, 2.24) is 0 Å². The fourth-order valence-electron chi connectivity index (χ4n) is 2.54. The molecule has 0 fully saturated rings. The normalized spacial score (nSPS) is 10.5. The first-order chi connectivity index (χ1) is 13.0. The third-order valence-electron chi connectivity index (χ3n) is 3.93. The van der Waals surface area contributed by atoms with Crippen LogP contribution in [0.15, 0.2) is 65.1 Å². The highest BCUT2D eigenvalue weighted by molar-refractivity contribution is 9.10. The van der Waals surface area contributed by atoms with Gasteiger partial charge in [0, 0.05) is 16.7 Å². The first-order valence-electron chi connectivity index (χ1n) is 8.28. The Labute approximate surface area is 171 Å². The van der Waals surface area contributed by atoms with Gasteiger partial charge in [0.05, 0.1) is 12.1 Å². The SMILES string of the molecule is COc1cc(CNc2ccc(Br)c(Cl)c2)ccc1OCc1cccc(F)c1. The van der Waals surface area contributed by atoms with Gasteiger partial charge in [-0.25, -0.2) is 4.39 Å². The smallest absolute Gasteiger partial charge is 0.161 e. The van der Waals surface area contributed by atoms with Crippen molar-refractivity contribution in [3.05, 3.63) is 87.1 Å². The van der Waals surface area contributed by atoms with Crippen LogP contribution in [0.3, 0.4) is 0 Å². The van der Waals surface area contributed by atoms with Gasteiger partial charge in [0.2, 0.25) is 0 Å². The molecule has 0 unspecified atom stereocenters. The van der Waals surface area contributed by atoms with Crippen molar-refractivity contribution in [2.24, 2.45) is 0 Å². The Morgan fingerprint density at radius 3 is 2.59 bits per heavy atom. The standard InChI is InChI=1S/C21H18BrClFNO2/c1-26-21-10-14(12-25-17-6-7-18(22)19(23)11-17)5-8-20(21)27-13-15-3-2-4-16(24)9-15/h2-11,25H,12-13H2,1H3. The van der Waals surface area contributed by atoms with Crippen LogP contribution in [-0.2, 0) is 13.2 Å². The van der Waals surface area contributed by atoms with Crippen LogP contribution in [0.25, 0.3) is 0 Å². The van der Waals surface area contributed by atoms with Gasteiger partial charge in [-0.05, 0) is 69.5 Å². The number of halogens is 3. The second-order valence-corrected chi connectivity index (χ2v) is 7.15. The molecule has 0 aliphatic heterocycles. The molecule has 140 valence electrons. The molecule has 0 aliphatic carbocycles. The van der Waals surface area contributed by atoms with Crippen molar-refractivity contribution >= 4 is 33.2 Å². The van der Waals surface area contributed by atoms with E-state index in [1.807, 2.05) is 42.5 Å². The van der Waals surface area contributed by atoms with Gasteiger partial charge in [-0.15, -0.1) is 0 Å². The fourth-order valence-corrected chi connectivity index (χ4v) is 2.97. The highest BCUT2D eigenvalue weighted by atomic mass is 79.9. The monoisotopic (exact) mass is 449 g/mol. The molecule has 0 aliphatic rings. The summed E-state index contributed by atoms with van der Waals surface area (Å²) in [6.07, 6.45) is 0. The zero-order valence-corrected chi connectivity index (χ0v) is 17.0. The molecule has 3 rings (SSSR count). The number of nitrogens with one attached hydrogen (secondary N) is 1. The topological polar surface area (TPSA) is 30.5 Å². The van der Waals surface area contributed by atoms with E-state index in [4.69, 9.17) is 21.1 Å². The van der Waals surface area contributed by atoms with Crippen LogP contribution < -0.4 is 14.8 Å². The number of methoxy groups -OCH3 is 1. The van der Waals surface area contributed by atoms with E-state index in [1.165, 1.54) is 12.1 Å². The first kappa shape index (κ1) is 19.5. The lowest BCUT2D eigenvalue weighted by Gasteiger charge is -2.13. The predicted octanol–water partition coefficient (Wildman–Crippen LogP) is 6.44. The molecule has 0 saturated carbocycles. The van der Waals surface area contributed by atoms with Crippen LogP contribution in [0.4, 0.5) is 10.1 Å². The van der Waals surface area contributed by atoms with Crippen LogP contribution in [0.1, 0.15) is 11.1 Å². The van der Waals surface area contributed by atoms with Crippen molar-refractivity contribution in [1.29, 1.82) is 0 Å². The van der Waals surface area contributed by atoms with Gasteiger partial charge in [0.25, 0.3) is 0 Å². The van der Waals surface area contributed by atoms with Crippen LogP contribution in [0.2, 0.25) is 5.02 Å². The Morgan fingerprint density at radius 1 is 1.00 bits per heavy atom. The van der Waals surface area contributed by atoms with E-state index < -0.39 is 0 Å². The zero-order valence-electron chi connectivity index (χ0n) is 14.6. The molecule has 0 saturated heterocycles. The van der Waals surface area contributed by atoms with Gasteiger partial charge in [-0.2, -0.15) is 0 Å². The summed E-state index contributed by atoms with van der Waals surface area (Å²) >= 11 is 9.49. The van der Waals surface area contributed by atoms with Crippen molar-refractivity contribution in [3.8, 4) is 11.5 Å². The lowest BCUT2D eigenvalue weighted by atomic mass is 10.2. The van der Waals surface area contributed by atoms with Crippen LogP contribution >= 0.6 is 27.5 Å². The molecular formula is C21H18BrClFNO2. The van der Waals surface area contributed by atoms with Crippen LogP contribution in [0, 0.1) is 5.82 Å². The van der Waals surface area contributed by atoms with E-state index in [9.17, 15) is 4.39 Å². The van der Waals surface area contributed by atoms with Crippen LogP contribution in [0.5, 0.6) is 11.5 Å². The first-order valence-corrected chi connectivity index (χ1v) is 9.45. The van der Waals surface area contributed by atoms with Gasteiger partial charge in [0.1, 0.15) is 12.4 Å². The minimum absolute atomic E-state index is 0.267. The third-order valence-corrected chi connectivity index (χ3v) is 5.16. The quantitative estimate of drug-likeness (QED) is 0.449. The second-order valence-electron chi connectivity index (χ2n) is 5.89. The summed E-state index contributed by atoms with van der Waals surface area (Å²) in [5, 5.41) is 3.97. The average molecular weight is 451 g/mol. The van der Waals surface area contributed by atoms with Gasteiger partial charge in [-0.3, -0.25) is 0 Å². The van der Waals surface area contributed by atoms with Crippen LogP contribution in [-0.4, -0.2) is 7.11 Å². The molecule has 0 heterocycles. The number of hydrogen-bond donors (Lipinski definition) is 1. The highest BCUT2D eigenvalue weighted by Gasteiger charge is 2.07. The maximum absolute atomic E-state index is 13.3. The van der Waals surface area contributed by atoms with Crippen molar-refractivity contribution in [2.75, 3.05) is 12.4 Å². The van der Waals surface area contributed by atoms with Crippen molar-refractivity contribution < 1.29 is 13.9 Å². The Hall–Kier alpha value is -2.24. The van der Waals surface area contributed by atoms with Crippen molar-refractivity contribution in [2.45, 2.75) is 13.2 Å². The van der Waals surface area contributed by atoms with Crippen molar-refractivity contribution in [3.63, 3.8) is 0 Å². The maximum Gasteiger partial charge on any atom is 0.161 e. The summed E-state index contributed by atoms with van der Waals surface area (Å²) in [5.74, 6) is 0.953. The molecule has 3 nitrogen and oxygen atoms in total. The molecule has 0 radical (unpaired) electrons. The minimum Gasteiger partial charge on any atom is -0.493 e. The number of rotatable bonds is 7. The third kappa shape index (κ3) is 5.37. The Balaban J connectivity index is 1.65. The number of anilines is 1. The number of hydrogen-bond acceptors (Lipinski definition) is 3. The van der Waals surface area contributed by atoms with Gasteiger partial charge >= 0.3 is 0 Å². The summed E-state index contributed by atoms with van der Waals surface area (Å²) in [7, 11) is 1.59. The van der Waals surface area contributed by atoms with E-state index in [-0.39, 0.29) is 12.4 Å². The average Bonchev–Trinajstić information content (AvgIpc) is 2.67. The van der Waals surface area contributed by atoms with Gasteiger partial charge in [-0.1, -0.05) is 29.8 Å². The summed E-state index contributed by atoms with van der Waals surface area (Å²) in [4.78, 5) is 0. The maximum atomic E-state index is 13.3. The van der Waals surface area contributed by atoms with Gasteiger partial charge in [0.15, 0.2) is 11.5 Å². The number of benzene rings is 3. The molecular weight excluding hydrogens is 433 g/mol. The summed E-state index contributed by atoms with van der Waals surface area (Å²) in [5.41, 5.74) is 2.72. The minimum atomic E-state index is -0.280. The van der Waals surface area contributed by atoms with E-state index in [0.717, 1.165) is 21.3 Å². The zero-order chi connectivity index (χ0) is 19.2. The highest BCUT2D eigenvalue weighted by Crippen LogP contribution is 2.30. The summed E-state index contributed by atoms with van der Waals surface area (Å²) in [6.45, 7) is 0.877. The number of ether oxygens (including phenoxy) is 2. The lowest BCUT2D eigenvalue weighted by Crippen LogP contribution is -2.02. The van der Waals surface area contributed by atoms with E-state index >= 15 is 0 Å². The largest absolute Gasteiger partial charge is 0.493 e. The molecule has 3 aromatic carbocycles. The molecule has 0 spiro atoms. The van der Waals surface area contributed by atoms with Gasteiger partial charge < -0.3 is 14.8 Å². The fraction of sp³-hybridized carbons (Fsp3) is 0.143. The lowest BCUT2D eigenvalue weighted by molar-refractivity contribution is 0.284. The Bertz CT molecular complexity index is 936. The molecule has 0 bridgehead atoms. The molecule has 3 aromatic rings. The molecule has 0 amide bonds. The van der Waals surface area contributed by atoms with E-state index in [1.54, 1.807) is 13.2 Å². The molecule has 6 heteroatoms. The van der Waals surface area contributed by atoms with E-state index in [0.29, 0.717) is 23.1 Å². The molecule has 1 N–H and O–H groups in total. The predicted molar refractivity (Wildman–Crippen MR) is 110 cm³/mol. The summed E-state index contributed by atoms with van der Waals surface area (Å²) < 4.78 is 25.3. The summed E-state index contributed by atoms with van der Waals surface area (Å²) in [6, 6.07) is 17.8. The molecule has 0 atom stereocenters. The Kier molecular flexibility index (Phi) is 6.58. The van der Waals surface area contributed by atoms with E-state index in [2.05, 4.69) is 21.2 Å². The molecule has 27 heavy (non-hydrogen) atoms. The molecule has 0 aromatic heterocycles. The Morgan fingerprint density at radius 2 is 1.85 bits per heavy atom.